The van der Waals surface area contributed by atoms with Crippen LogP contribution in [0.1, 0.15) is 59.3 Å². The lowest BCUT2D eigenvalue weighted by Gasteiger charge is -2.39. The van der Waals surface area contributed by atoms with Crippen LogP contribution in [0.2, 0.25) is 0 Å². The van der Waals surface area contributed by atoms with E-state index in [9.17, 15) is 4.79 Å². The molecule has 1 aliphatic carbocycles. The van der Waals surface area contributed by atoms with Gasteiger partial charge in [0.25, 0.3) is 0 Å². The van der Waals surface area contributed by atoms with Crippen molar-refractivity contribution >= 4 is 5.97 Å². The quantitative estimate of drug-likeness (QED) is 0.685. The molecule has 2 aliphatic rings. The van der Waals surface area contributed by atoms with Gasteiger partial charge in [-0.25, -0.2) is 0 Å². The van der Waals surface area contributed by atoms with Gasteiger partial charge in [0.05, 0.1) is 5.92 Å². The predicted molar refractivity (Wildman–Crippen MR) is 64.0 cm³/mol. The fourth-order valence-corrected chi connectivity index (χ4v) is 3.40. The van der Waals surface area contributed by atoms with Crippen molar-refractivity contribution in [2.24, 2.45) is 17.3 Å². The van der Waals surface area contributed by atoms with Gasteiger partial charge < -0.3 is 4.74 Å². The highest BCUT2D eigenvalue weighted by Gasteiger charge is 2.48. The molecular formula is C14H24O2. The molecule has 0 aromatic carbocycles. The first-order valence-electron chi connectivity index (χ1n) is 6.76. The van der Waals surface area contributed by atoms with Gasteiger partial charge in [0.1, 0.15) is 6.10 Å². The van der Waals surface area contributed by atoms with Gasteiger partial charge in [0.2, 0.25) is 0 Å². The number of carbonyl (C=O) groups excluding carboxylic acids is 1. The zero-order valence-corrected chi connectivity index (χ0v) is 10.8. The summed E-state index contributed by atoms with van der Waals surface area (Å²) in [4.78, 5) is 11.5. The molecule has 0 aromatic rings. The van der Waals surface area contributed by atoms with E-state index in [1.54, 1.807) is 0 Å². The number of rotatable bonds is 3. The number of fused-ring (bicyclic) bond motifs is 1. The van der Waals surface area contributed by atoms with Crippen LogP contribution in [0.4, 0.5) is 0 Å². The van der Waals surface area contributed by atoms with Crippen LogP contribution >= 0.6 is 0 Å². The fourth-order valence-electron chi connectivity index (χ4n) is 3.40. The largest absolute Gasteiger partial charge is 0.462 e. The summed E-state index contributed by atoms with van der Waals surface area (Å²) in [5.41, 5.74) is 0.418. The maximum absolute atomic E-state index is 11.5. The zero-order valence-electron chi connectivity index (χ0n) is 10.8. The molecule has 1 saturated carbocycles. The third-order valence-electron chi connectivity index (χ3n) is 4.67. The van der Waals surface area contributed by atoms with E-state index < -0.39 is 0 Å². The molecule has 92 valence electrons. The molecule has 1 saturated heterocycles. The summed E-state index contributed by atoms with van der Waals surface area (Å²) in [7, 11) is 0. The normalized spacial score (nSPS) is 42.9. The third-order valence-corrected chi connectivity index (χ3v) is 4.67. The Hall–Kier alpha value is -0.530. The van der Waals surface area contributed by atoms with Crippen LogP contribution in [-0.4, -0.2) is 12.1 Å². The maximum atomic E-state index is 11.5. The molecule has 2 nitrogen and oxygen atoms in total. The van der Waals surface area contributed by atoms with Crippen LogP contribution in [0.15, 0.2) is 0 Å². The van der Waals surface area contributed by atoms with Gasteiger partial charge in [0.15, 0.2) is 0 Å². The van der Waals surface area contributed by atoms with E-state index in [2.05, 4.69) is 13.8 Å². The molecule has 1 heterocycles. The van der Waals surface area contributed by atoms with E-state index in [1.807, 2.05) is 6.92 Å². The SMILES string of the molecule is CCCCC1(C)CC[C@H]2[C@H](C1)OC(=O)[C@@H]2C. The predicted octanol–water partition coefficient (Wildman–Crippen LogP) is 3.54. The molecule has 2 rings (SSSR count). The minimum atomic E-state index is 0.0368. The topological polar surface area (TPSA) is 26.3 Å². The summed E-state index contributed by atoms with van der Waals surface area (Å²) in [6.07, 6.45) is 7.62. The van der Waals surface area contributed by atoms with Crippen molar-refractivity contribution in [3.63, 3.8) is 0 Å². The van der Waals surface area contributed by atoms with Gasteiger partial charge in [-0.3, -0.25) is 4.79 Å². The van der Waals surface area contributed by atoms with E-state index in [0.717, 1.165) is 6.42 Å². The molecule has 0 amide bonds. The van der Waals surface area contributed by atoms with E-state index in [0.29, 0.717) is 11.3 Å². The lowest BCUT2D eigenvalue weighted by Crippen LogP contribution is -2.34. The first-order valence-corrected chi connectivity index (χ1v) is 6.76. The minimum Gasteiger partial charge on any atom is -0.462 e. The van der Waals surface area contributed by atoms with Crippen LogP contribution in [0.25, 0.3) is 0 Å². The Morgan fingerprint density at radius 1 is 1.50 bits per heavy atom. The molecule has 4 atom stereocenters. The van der Waals surface area contributed by atoms with Crippen molar-refractivity contribution in [3.8, 4) is 0 Å². The molecule has 2 fully saturated rings. The second kappa shape index (κ2) is 4.38. The Balaban J connectivity index is 1.98. The van der Waals surface area contributed by atoms with Crippen LogP contribution in [0.3, 0.4) is 0 Å². The van der Waals surface area contributed by atoms with E-state index in [4.69, 9.17) is 4.74 Å². The lowest BCUT2D eigenvalue weighted by molar-refractivity contribution is -0.145. The molecule has 0 bridgehead atoms. The molecule has 2 heteroatoms. The second-order valence-corrected chi connectivity index (χ2v) is 6.08. The van der Waals surface area contributed by atoms with Gasteiger partial charge in [-0.15, -0.1) is 0 Å². The molecule has 16 heavy (non-hydrogen) atoms. The fraction of sp³-hybridized carbons (Fsp3) is 0.929. The number of hydrogen-bond acceptors (Lipinski definition) is 2. The average Bonchev–Trinajstić information content (AvgIpc) is 2.51. The van der Waals surface area contributed by atoms with Crippen molar-refractivity contribution in [3.05, 3.63) is 0 Å². The summed E-state index contributed by atoms with van der Waals surface area (Å²) < 4.78 is 5.51. The van der Waals surface area contributed by atoms with Crippen LogP contribution in [0, 0.1) is 17.3 Å². The molecule has 1 unspecified atom stereocenters. The Kier molecular flexibility index (Phi) is 3.27. The molecular weight excluding hydrogens is 200 g/mol. The van der Waals surface area contributed by atoms with Gasteiger partial charge in [-0.05, 0) is 31.1 Å². The van der Waals surface area contributed by atoms with Gasteiger partial charge in [0, 0.05) is 5.92 Å². The summed E-state index contributed by atoms with van der Waals surface area (Å²) >= 11 is 0. The number of esters is 1. The monoisotopic (exact) mass is 224 g/mol. The Morgan fingerprint density at radius 3 is 2.94 bits per heavy atom. The Labute approximate surface area is 98.7 Å². The summed E-state index contributed by atoms with van der Waals surface area (Å²) in [5.74, 6) is 0.678. The third kappa shape index (κ3) is 2.11. The summed E-state index contributed by atoms with van der Waals surface area (Å²) in [5, 5.41) is 0. The van der Waals surface area contributed by atoms with Gasteiger partial charge in [-0.2, -0.15) is 0 Å². The Morgan fingerprint density at radius 2 is 2.25 bits per heavy atom. The van der Waals surface area contributed by atoms with E-state index in [1.165, 1.54) is 32.1 Å². The molecule has 1 aliphatic heterocycles. The van der Waals surface area contributed by atoms with Gasteiger partial charge in [-0.1, -0.05) is 33.6 Å². The Bertz CT molecular complexity index is 274. The number of hydrogen-bond donors (Lipinski definition) is 0. The molecule has 0 aromatic heterocycles. The number of unbranched alkanes of at least 4 members (excludes halogenated alkanes) is 1. The van der Waals surface area contributed by atoms with Crippen molar-refractivity contribution in [2.75, 3.05) is 0 Å². The highest BCUT2D eigenvalue weighted by Crippen LogP contribution is 2.48. The van der Waals surface area contributed by atoms with Crippen molar-refractivity contribution in [2.45, 2.75) is 65.4 Å². The minimum absolute atomic E-state index is 0.0368. The van der Waals surface area contributed by atoms with Crippen LogP contribution in [-0.2, 0) is 9.53 Å². The molecule has 0 spiro atoms. The van der Waals surface area contributed by atoms with Crippen molar-refractivity contribution in [1.29, 1.82) is 0 Å². The van der Waals surface area contributed by atoms with E-state index >= 15 is 0 Å². The molecule has 0 radical (unpaired) electrons. The molecule has 0 N–H and O–H groups in total. The second-order valence-electron chi connectivity index (χ2n) is 6.08. The van der Waals surface area contributed by atoms with Crippen molar-refractivity contribution in [1.82, 2.24) is 0 Å². The van der Waals surface area contributed by atoms with E-state index in [-0.39, 0.29) is 18.0 Å². The first-order chi connectivity index (χ1) is 7.56. The first kappa shape index (κ1) is 11.9. The summed E-state index contributed by atoms with van der Waals surface area (Å²) in [6.45, 7) is 6.64. The van der Waals surface area contributed by atoms with Crippen LogP contribution < -0.4 is 0 Å². The van der Waals surface area contributed by atoms with Crippen molar-refractivity contribution < 1.29 is 9.53 Å². The van der Waals surface area contributed by atoms with Crippen LogP contribution in [0.5, 0.6) is 0 Å². The highest BCUT2D eigenvalue weighted by atomic mass is 16.6. The number of carbonyl (C=O) groups is 1. The standard InChI is InChI=1S/C14H24O2/c1-4-5-7-14(3)8-6-11-10(2)13(15)16-12(11)9-14/h10-12H,4-9H2,1-3H3/t10-,11-,12+,14?/m1/s1. The maximum Gasteiger partial charge on any atom is 0.309 e. The lowest BCUT2D eigenvalue weighted by atomic mass is 9.66. The summed E-state index contributed by atoms with van der Waals surface area (Å²) in [6, 6.07) is 0. The van der Waals surface area contributed by atoms with Gasteiger partial charge >= 0.3 is 5.97 Å². The average molecular weight is 224 g/mol. The number of ether oxygens (including phenoxy) is 1. The highest BCUT2D eigenvalue weighted by molar-refractivity contribution is 5.74. The zero-order chi connectivity index (χ0) is 11.8. The smallest absolute Gasteiger partial charge is 0.309 e.